The Labute approximate surface area is 116 Å². The molecule has 0 amide bonds. The van der Waals surface area contributed by atoms with Crippen LogP contribution in [0.15, 0.2) is 5.38 Å². The number of hydrogen-bond acceptors (Lipinski definition) is 5. The summed E-state index contributed by atoms with van der Waals surface area (Å²) in [7, 11) is -2.28. The molecule has 2 N–H and O–H groups in total. The fourth-order valence-corrected chi connectivity index (χ4v) is 2.98. The third-order valence-electron chi connectivity index (χ3n) is 2.34. The second-order valence-corrected chi connectivity index (χ2v) is 6.80. The van der Waals surface area contributed by atoms with Gasteiger partial charge in [0.1, 0.15) is 0 Å². The Balaban J connectivity index is 2.39. The van der Waals surface area contributed by atoms with Gasteiger partial charge in [0, 0.05) is 37.6 Å². The monoisotopic (exact) mass is 307 g/mol. The van der Waals surface area contributed by atoms with Crippen LogP contribution in [0.25, 0.3) is 0 Å². The van der Waals surface area contributed by atoms with Gasteiger partial charge in [0.25, 0.3) is 10.2 Å². The van der Waals surface area contributed by atoms with E-state index in [-0.39, 0.29) is 19.5 Å². The number of aliphatic carboxylic acids is 1. The van der Waals surface area contributed by atoms with Crippen LogP contribution in [-0.4, -0.2) is 48.9 Å². The molecule has 0 spiro atoms. The van der Waals surface area contributed by atoms with E-state index in [2.05, 4.69) is 9.71 Å². The third-order valence-corrected chi connectivity index (χ3v) is 4.94. The normalized spacial score (nSPS) is 11.9. The van der Waals surface area contributed by atoms with E-state index in [0.717, 1.165) is 15.0 Å². The first-order valence-corrected chi connectivity index (χ1v) is 7.97. The molecular formula is C10H17N3O4S2. The average Bonchev–Trinajstić information content (AvgIpc) is 2.71. The zero-order valence-corrected chi connectivity index (χ0v) is 12.4. The van der Waals surface area contributed by atoms with Crippen LogP contribution >= 0.6 is 11.3 Å². The van der Waals surface area contributed by atoms with Gasteiger partial charge in [0.15, 0.2) is 0 Å². The summed E-state index contributed by atoms with van der Waals surface area (Å²) in [5.74, 6) is -1.03. The van der Waals surface area contributed by atoms with Crippen LogP contribution < -0.4 is 4.72 Å². The van der Waals surface area contributed by atoms with Crippen molar-refractivity contribution < 1.29 is 18.3 Å². The van der Waals surface area contributed by atoms with Crippen LogP contribution in [0.3, 0.4) is 0 Å². The van der Waals surface area contributed by atoms with Crippen LogP contribution in [0, 0.1) is 6.92 Å². The first-order chi connectivity index (χ1) is 8.81. The summed E-state index contributed by atoms with van der Waals surface area (Å²) in [5.41, 5.74) is 0.918. The number of thiazole rings is 1. The van der Waals surface area contributed by atoms with E-state index in [0.29, 0.717) is 6.42 Å². The van der Waals surface area contributed by atoms with Gasteiger partial charge in [-0.2, -0.15) is 12.7 Å². The minimum Gasteiger partial charge on any atom is -0.481 e. The van der Waals surface area contributed by atoms with E-state index in [1.165, 1.54) is 18.4 Å². The summed E-state index contributed by atoms with van der Waals surface area (Å²) >= 11 is 1.49. The van der Waals surface area contributed by atoms with Crippen LogP contribution in [0.1, 0.15) is 17.1 Å². The maximum Gasteiger partial charge on any atom is 0.304 e. The number of carbonyl (C=O) groups is 1. The third kappa shape index (κ3) is 5.64. The molecule has 0 saturated heterocycles. The van der Waals surface area contributed by atoms with Gasteiger partial charge in [-0.05, 0) is 6.92 Å². The highest BCUT2D eigenvalue weighted by Gasteiger charge is 2.17. The lowest BCUT2D eigenvalue weighted by Crippen LogP contribution is -2.40. The van der Waals surface area contributed by atoms with Crippen molar-refractivity contribution in [1.82, 2.24) is 14.0 Å². The molecule has 0 fully saturated rings. The SMILES string of the molecule is Cc1csc(CCNS(=O)(=O)N(C)CCC(=O)O)n1. The number of aromatic nitrogens is 1. The Morgan fingerprint density at radius 1 is 1.58 bits per heavy atom. The number of carboxylic acid groups (broad SMARTS) is 1. The molecule has 0 unspecified atom stereocenters. The summed E-state index contributed by atoms with van der Waals surface area (Å²) in [6.45, 7) is 2.07. The van der Waals surface area contributed by atoms with Gasteiger partial charge in [0.2, 0.25) is 0 Å². The van der Waals surface area contributed by atoms with E-state index in [9.17, 15) is 13.2 Å². The predicted molar refractivity (Wildman–Crippen MR) is 72.4 cm³/mol. The Hall–Kier alpha value is -1.03. The molecule has 0 saturated carbocycles. The zero-order valence-electron chi connectivity index (χ0n) is 10.8. The van der Waals surface area contributed by atoms with Crippen LogP contribution in [0.5, 0.6) is 0 Å². The van der Waals surface area contributed by atoms with E-state index < -0.39 is 16.2 Å². The van der Waals surface area contributed by atoms with Crippen molar-refractivity contribution in [3.63, 3.8) is 0 Å². The molecule has 0 aliphatic rings. The number of nitrogens with zero attached hydrogens (tertiary/aromatic N) is 2. The molecule has 108 valence electrons. The first-order valence-electron chi connectivity index (χ1n) is 5.65. The van der Waals surface area contributed by atoms with Gasteiger partial charge in [-0.25, -0.2) is 9.71 Å². The Morgan fingerprint density at radius 3 is 2.79 bits per heavy atom. The van der Waals surface area contributed by atoms with Crippen molar-refractivity contribution in [1.29, 1.82) is 0 Å². The zero-order chi connectivity index (χ0) is 14.5. The Kier molecular flexibility index (Phi) is 5.85. The maximum atomic E-state index is 11.7. The lowest BCUT2D eigenvalue weighted by Gasteiger charge is -2.16. The number of aryl methyl sites for hydroxylation is 1. The molecule has 0 aliphatic carbocycles. The summed E-state index contributed by atoms with van der Waals surface area (Å²) in [4.78, 5) is 14.6. The predicted octanol–water partition coefficient (Wildman–Crippen LogP) is 0.235. The van der Waals surface area contributed by atoms with Crippen LogP contribution in [-0.2, 0) is 21.4 Å². The maximum absolute atomic E-state index is 11.7. The molecular weight excluding hydrogens is 290 g/mol. The standard InChI is InChI=1S/C10H17N3O4S2/c1-8-7-18-9(12-8)3-5-11-19(16,17)13(2)6-4-10(14)15/h7,11H,3-6H2,1-2H3,(H,14,15). The molecule has 9 heteroatoms. The summed E-state index contributed by atoms with van der Waals surface area (Å²) in [5, 5.41) is 11.3. The molecule has 0 radical (unpaired) electrons. The summed E-state index contributed by atoms with van der Waals surface area (Å²) in [6, 6.07) is 0. The summed E-state index contributed by atoms with van der Waals surface area (Å²) < 4.78 is 26.9. The first kappa shape index (κ1) is 16.0. The molecule has 0 aliphatic heterocycles. The molecule has 0 bridgehead atoms. The molecule has 1 heterocycles. The van der Waals surface area contributed by atoms with Gasteiger partial charge < -0.3 is 5.11 Å². The van der Waals surface area contributed by atoms with Crippen molar-refractivity contribution >= 4 is 27.5 Å². The number of nitrogens with one attached hydrogen (secondary N) is 1. The highest BCUT2D eigenvalue weighted by molar-refractivity contribution is 7.87. The van der Waals surface area contributed by atoms with Gasteiger partial charge in [-0.3, -0.25) is 4.79 Å². The molecule has 1 rings (SSSR count). The van der Waals surface area contributed by atoms with Crippen LogP contribution in [0.4, 0.5) is 0 Å². The quantitative estimate of drug-likeness (QED) is 0.716. The van der Waals surface area contributed by atoms with Crippen molar-refractivity contribution in [2.45, 2.75) is 19.8 Å². The van der Waals surface area contributed by atoms with Crippen molar-refractivity contribution in [2.75, 3.05) is 20.1 Å². The molecule has 7 nitrogen and oxygen atoms in total. The summed E-state index contributed by atoms with van der Waals surface area (Å²) in [6.07, 6.45) is 0.299. The van der Waals surface area contributed by atoms with E-state index in [1.54, 1.807) is 0 Å². The van der Waals surface area contributed by atoms with Crippen molar-refractivity contribution in [3.8, 4) is 0 Å². The number of hydrogen-bond donors (Lipinski definition) is 2. The lowest BCUT2D eigenvalue weighted by molar-refractivity contribution is -0.137. The van der Waals surface area contributed by atoms with Gasteiger partial charge in [0.05, 0.1) is 11.4 Å². The second-order valence-electron chi connectivity index (χ2n) is 4.00. The van der Waals surface area contributed by atoms with Crippen molar-refractivity contribution in [3.05, 3.63) is 16.1 Å². The fourth-order valence-electron chi connectivity index (χ4n) is 1.29. The average molecular weight is 307 g/mol. The Morgan fingerprint density at radius 2 is 2.26 bits per heavy atom. The van der Waals surface area contributed by atoms with E-state index >= 15 is 0 Å². The van der Waals surface area contributed by atoms with E-state index in [4.69, 9.17) is 5.11 Å². The topological polar surface area (TPSA) is 99.6 Å². The smallest absolute Gasteiger partial charge is 0.304 e. The minimum atomic E-state index is -3.62. The highest BCUT2D eigenvalue weighted by atomic mass is 32.2. The molecule has 0 atom stereocenters. The Bertz CT molecular complexity index is 527. The highest BCUT2D eigenvalue weighted by Crippen LogP contribution is 2.08. The van der Waals surface area contributed by atoms with Gasteiger partial charge >= 0.3 is 5.97 Å². The van der Waals surface area contributed by atoms with Crippen molar-refractivity contribution in [2.24, 2.45) is 0 Å². The van der Waals surface area contributed by atoms with Crippen LogP contribution in [0.2, 0.25) is 0 Å². The molecule has 1 aromatic rings. The fraction of sp³-hybridized carbons (Fsp3) is 0.600. The molecule has 19 heavy (non-hydrogen) atoms. The van der Waals surface area contributed by atoms with E-state index in [1.807, 2.05) is 12.3 Å². The largest absolute Gasteiger partial charge is 0.481 e. The van der Waals surface area contributed by atoms with Gasteiger partial charge in [-0.15, -0.1) is 11.3 Å². The molecule has 1 aromatic heterocycles. The van der Waals surface area contributed by atoms with Gasteiger partial charge in [-0.1, -0.05) is 0 Å². The minimum absolute atomic E-state index is 0.0545. The lowest BCUT2D eigenvalue weighted by atomic mass is 10.4. The number of carboxylic acids is 1. The number of rotatable bonds is 8. The second kappa shape index (κ2) is 6.94. The molecule has 0 aromatic carbocycles.